The zero-order chi connectivity index (χ0) is 10.8. The van der Waals surface area contributed by atoms with Crippen molar-refractivity contribution in [3.63, 3.8) is 0 Å². The predicted molar refractivity (Wildman–Crippen MR) is 44.0 cm³/mol. The fourth-order valence-corrected chi connectivity index (χ4v) is 0.846. The fraction of sp³-hybridized carbons (Fsp3) is 0.333. The first-order chi connectivity index (χ1) is 6.42. The third-order valence-corrected chi connectivity index (χ3v) is 1.45. The zero-order valence-electron chi connectivity index (χ0n) is 9.29. The number of benzene rings is 1. The number of ether oxygens (including phenoxy) is 1. The van der Waals surface area contributed by atoms with Crippen LogP contribution in [0.2, 0.25) is 0 Å². The van der Waals surface area contributed by atoms with Gasteiger partial charge in [-0.05, 0) is 24.1 Å². The first kappa shape index (κ1) is 4.65. The van der Waals surface area contributed by atoms with Crippen LogP contribution in [0.15, 0.2) is 18.2 Å². The van der Waals surface area contributed by atoms with E-state index < -0.39 is 6.85 Å². The van der Waals surface area contributed by atoms with E-state index in [-0.39, 0.29) is 12.2 Å². The highest BCUT2D eigenvalue weighted by atomic mass is 16.5. The van der Waals surface area contributed by atoms with Gasteiger partial charge < -0.3 is 9.84 Å². The van der Waals surface area contributed by atoms with Gasteiger partial charge in [0.25, 0.3) is 0 Å². The molecule has 60 valence electrons. The maximum atomic E-state index is 9.38. The van der Waals surface area contributed by atoms with Crippen LogP contribution in [0, 0.1) is 0 Å². The molecule has 1 N–H and O–H groups in total. The van der Waals surface area contributed by atoms with E-state index in [0.29, 0.717) is 11.3 Å². The summed E-state index contributed by atoms with van der Waals surface area (Å²) in [5, 5.41) is 9.38. The smallest absolute Gasteiger partial charge is 0.160 e. The third kappa shape index (κ3) is 1.64. The number of hydrogen-bond acceptors (Lipinski definition) is 2. The monoisotopic (exact) mass is 155 g/mol. The molecule has 0 aliphatic heterocycles. The molecule has 0 aliphatic rings. The average Bonchev–Trinajstić information content (AvgIpc) is 2.01. The predicted octanol–water partition coefficient (Wildman–Crippen LogP) is 1.96. The zero-order valence-corrected chi connectivity index (χ0v) is 6.29. The van der Waals surface area contributed by atoms with Gasteiger partial charge in [0.05, 0.1) is 7.11 Å². The van der Waals surface area contributed by atoms with Gasteiger partial charge in [0.1, 0.15) is 0 Å². The molecule has 0 fully saturated rings. The van der Waals surface area contributed by atoms with E-state index >= 15 is 0 Å². The normalized spacial score (nSPS) is 14.8. The van der Waals surface area contributed by atoms with Gasteiger partial charge in [-0.1, -0.05) is 12.9 Å². The van der Waals surface area contributed by atoms with Crippen LogP contribution in [-0.2, 0) is 6.42 Å². The SMILES string of the molecule is [2H]C([2H])([2H])Cc1ccc(OC)c(O)c1. The van der Waals surface area contributed by atoms with Gasteiger partial charge >= 0.3 is 0 Å². The number of rotatable bonds is 2. The Hall–Kier alpha value is -1.18. The Labute approximate surface area is 70.6 Å². The maximum absolute atomic E-state index is 9.38. The number of phenolic OH excluding ortho intramolecular Hbond substituents is 1. The lowest BCUT2D eigenvalue weighted by Gasteiger charge is -2.03. The van der Waals surface area contributed by atoms with Crippen LogP contribution in [0.3, 0.4) is 0 Å². The molecular formula is C9H12O2. The standard InChI is InChI=1S/C9H12O2/c1-3-7-4-5-9(11-2)8(10)6-7/h4-6,10H,3H2,1-2H3/i1D3. The molecule has 0 unspecified atom stereocenters. The molecule has 0 saturated heterocycles. The van der Waals surface area contributed by atoms with Crippen LogP contribution in [0.1, 0.15) is 16.5 Å². The minimum absolute atomic E-state index is 0.0331. The van der Waals surface area contributed by atoms with Crippen LogP contribution >= 0.6 is 0 Å². The minimum Gasteiger partial charge on any atom is -0.504 e. The summed E-state index contributed by atoms with van der Waals surface area (Å²) >= 11 is 0. The number of methoxy groups -OCH3 is 1. The lowest BCUT2D eigenvalue weighted by atomic mass is 10.1. The quantitative estimate of drug-likeness (QED) is 0.707. The number of hydrogen-bond donors (Lipinski definition) is 1. The van der Waals surface area contributed by atoms with Gasteiger partial charge in [-0.2, -0.15) is 0 Å². The van der Waals surface area contributed by atoms with Crippen LogP contribution in [0.4, 0.5) is 0 Å². The van der Waals surface area contributed by atoms with Crippen LogP contribution in [-0.4, -0.2) is 12.2 Å². The van der Waals surface area contributed by atoms with E-state index in [4.69, 9.17) is 8.85 Å². The van der Waals surface area contributed by atoms with Gasteiger partial charge in [-0.3, -0.25) is 0 Å². The Bertz CT molecular complexity index is 320. The highest BCUT2D eigenvalue weighted by molar-refractivity contribution is 5.41. The van der Waals surface area contributed by atoms with Crippen molar-refractivity contribution in [2.24, 2.45) is 0 Å². The Morgan fingerprint density at radius 2 is 2.45 bits per heavy atom. The fourth-order valence-electron chi connectivity index (χ4n) is 0.846. The highest BCUT2D eigenvalue weighted by Gasteiger charge is 1.99. The Kier molecular flexibility index (Phi) is 1.39. The molecule has 0 radical (unpaired) electrons. The lowest BCUT2D eigenvalue weighted by molar-refractivity contribution is 0.373. The number of aryl methyl sites for hydroxylation is 1. The number of phenols is 1. The van der Waals surface area contributed by atoms with Gasteiger partial charge in [0.2, 0.25) is 0 Å². The van der Waals surface area contributed by atoms with Gasteiger partial charge in [0, 0.05) is 4.11 Å². The lowest BCUT2D eigenvalue weighted by Crippen LogP contribution is -1.85. The van der Waals surface area contributed by atoms with E-state index in [9.17, 15) is 5.11 Å². The molecule has 0 spiro atoms. The molecule has 0 heterocycles. The first-order valence-electron chi connectivity index (χ1n) is 4.78. The summed E-state index contributed by atoms with van der Waals surface area (Å²) in [7, 11) is 1.44. The molecule has 0 amide bonds. The summed E-state index contributed by atoms with van der Waals surface area (Å²) < 4.78 is 26.0. The summed E-state index contributed by atoms with van der Waals surface area (Å²) in [5.74, 6) is 0.313. The van der Waals surface area contributed by atoms with Crippen molar-refractivity contribution in [3.8, 4) is 11.5 Å². The summed E-state index contributed by atoms with van der Waals surface area (Å²) in [6.45, 7) is -2.01. The van der Waals surface area contributed by atoms with E-state index in [1.54, 1.807) is 12.1 Å². The molecule has 0 aromatic heterocycles. The summed E-state index contributed by atoms with van der Waals surface area (Å²) in [4.78, 5) is 0. The number of aromatic hydroxyl groups is 1. The second kappa shape index (κ2) is 3.28. The third-order valence-electron chi connectivity index (χ3n) is 1.45. The van der Waals surface area contributed by atoms with Crippen molar-refractivity contribution in [1.29, 1.82) is 0 Å². The van der Waals surface area contributed by atoms with Gasteiger partial charge in [-0.15, -0.1) is 0 Å². The molecule has 0 aliphatic carbocycles. The second-order valence-corrected chi connectivity index (χ2v) is 2.18. The van der Waals surface area contributed by atoms with Crippen LogP contribution < -0.4 is 4.74 Å². The molecular weight excluding hydrogens is 140 g/mol. The topological polar surface area (TPSA) is 29.5 Å². The Balaban J connectivity index is 2.87. The maximum Gasteiger partial charge on any atom is 0.160 e. The van der Waals surface area contributed by atoms with E-state index in [0.717, 1.165) is 0 Å². The summed E-state index contributed by atoms with van der Waals surface area (Å²) in [5.41, 5.74) is 0.573. The van der Waals surface area contributed by atoms with Crippen molar-refractivity contribution < 1.29 is 14.0 Å². The molecule has 1 rings (SSSR count). The van der Waals surface area contributed by atoms with Crippen molar-refractivity contribution in [2.45, 2.75) is 13.3 Å². The molecule has 1 aromatic rings. The van der Waals surface area contributed by atoms with Crippen LogP contribution in [0.5, 0.6) is 11.5 Å². The van der Waals surface area contributed by atoms with Gasteiger partial charge in [-0.25, -0.2) is 0 Å². The van der Waals surface area contributed by atoms with Crippen molar-refractivity contribution in [1.82, 2.24) is 0 Å². The summed E-state index contributed by atoms with van der Waals surface area (Å²) in [6, 6.07) is 4.59. The van der Waals surface area contributed by atoms with E-state index in [2.05, 4.69) is 0 Å². The highest BCUT2D eigenvalue weighted by Crippen LogP contribution is 2.26. The van der Waals surface area contributed by atoms with Gasteiger partial charge in [0.15, 0.2) is 11.5 Å². The molecule has 0 atom stereocenters. The first-order valence-corrected chi connectivity index (χ1v) is 3.28. The molecule has 11 heavy (non-hydrogen) atoms. The van der Waals surface area contributed by atoms with Crippen LogP contribution in [0.25, 0.3) is 0 Å². The minimum atomic E-state index is -2.01. The largest absolute Gasteiger partial charge is 0.504 e. The molecule has 2 nitrogen and oxygen atoms in total. The Morgan fingerprint density at radius 3 is 3.00 bits per heavy atom. The molecule has 0 saturated carbocycles. The Morgan fingerprint density at radius 1 is 1.64 bits per heavy atom. The second-order valence-electron chi connectivity index (χ2n) is 2.18. The average molecular weight is 155 g/mol. The molecule has 2 heteroatoms. The van der Waals surface area contributed by atoms with Crippen molar-refractivity contribution in [2.75, 3.05) is 7.11 Å². The summed E-state index contributed by atoms with van der Waals surface area (Å²) in [6.07, 6.45) is -0.0510. The van der Waals surface area contributed by atoms with Crippen molar-refractivity contribution >= 4 is 0 Å². The van der Waals surface area contributed by atoms with E-state index in [1.807, 2.05) is 0 Å². The van der Waals surface area contributed by atoms with E-state index in [1.165, 1.54) is 13.2 Å². The van der Waals surface area contributed by atoms with Crippen molar-refractivity contribution in [3.05, 3.63) is 23.8 Å². The molecule has 1 aromatic carbocycles. The molecule has 0 bridgehead atoms.